The van der Waals surface area contributed by atoms with E-state index in [-0.39, 0.29) is 0 Å². The molecule has 0 spiro atoms. The van der Waals surface area contributed by atoms with Crippen molar-refractivity contribution >= 4 is 11.4 Å². The van der Waals surface area contributed by atoms with Crippen LogP contribution in [0.3, 0.4) is 0 Å². The quantitative estimate of drug-likeness (QED) is 0.617. The molecule has 0 atom stereocenters. The SMILES string of the molecule is Cc1ccc2c(c1)C(=C1CC1)CC2.Cc1ccc2c(c1)C(=O)CC2. The van der Waals surface area contributed by atoms with Gasteiger partial charge in [0.2, 0.25) is 0 Å². The maximum atomic E-state index is 11.2. The van der Waals surface area contributed by atoms with Crippen LogP contribution in [0.4, 0.5) is 0 Å². The number of Topliss-reactive ketones (excluding diaryl/α,β-unsaturated/α-hetero) is 1. The Bertz CT molecular complexity index is 848. The molecule has 0 aromatic heterocycles. The molecule has 1 fully saturated rings. The Kier molecular flexibility index (Phi) is 3.88. The molecule has 1 nitrogen and oxygen atoms in total. The summed E-state index contributed by atoms with van der Waals surface area (Å²) in [5.41, 5.74) is 11.3. The first-order valence-electron chi connectivity index (χ1n) is 9.05. The summed E-state index contributed by atoms with van der Waals surface area (Å²) in [7, 11) is 0. The zero-order valence-corrected chi connectivity index (χ0v) is 14.6. The topological polar surface area (TPSA) is 17.1 Å². The Morgan fingerprint density at radius 3 is 1.92 bits per heavy atom. The van der Waals surface area contributed by atoms with Gasteiger partial charge in [0.05, 0.1) is 0 Å². The fourth-order valence-corrected chi connectivity index (χ4v) is 3.87. The van der Waals surface area contributed by atoms with Gasteiger partial charge in [-0.2, -0.15) is 0 Å². The van der Waals surface area contributed by atoms with E-state index in [4.69, 9.17) is 0 Å². The number of hydrogen-bond donors (Lipinski definition) is 0. The molecule has 0 heterocycles. The molecule has 1 saturated carbocycles. The third-order valence-electron chi connectivity index (χ3n) is 5.35. The van der Waals surface area contributed by atoms with Gasteiger partial charge in [-0.15, -0.1) is 0 Å². The van der Waals surface area contributed by atoms with Crippen LogP contribution in [-0.4, -0.2) is 5.78 Å². The molecule has 2 aromatic rings. The lowest BCUT2D eigenvalue weighted by atomic mass is 10.0. The number of rotatable bonds is 0. The fourth-order valence-electron chi connectivity index (χ4n) is 3.87. The summed E-state index contributed by atoms with van der Waals surface area (Å²) < 4.78 is 0. The standard InChI is InChI=1S/C13H14.C10H10O/c1-9-2-3-11-6-7-12(10-4-5-10)13(11)8-9;1-7-2-3-8-4-5-10(11)9(8)6-7/h2-3,8H,4-7H2,1H3;2-3,6H,4-5H2,1H3. The van der Waals surface area contributed by atoms with Crippen LogP contribution in [0.2, 0.25) is 0 Å². The van der Waals surface area contributed by atoms with Gasteiger partial charge in [-0.05, 0) is 74.3 Å². The molecule has 5 rings (SSSR count). The van der Waals surface area contributed by atoms with E-state index in [1.54, 1.807) is 22.3 Å². The van der Waals surface area contributed by atoms with Crippen LogP contribution in [0.25, 0.3) is 5.57 Å². The Labute approximate surface area is 144 Å². The van der Waals surface area contributed by atoms with E-state index in [1.807, 2.05) is 13.0 Å². The van der Waals surface area contributed by atoms with Gasteiger partial charge >= 0.3 is 0 Å². The number of ketones is 1. The van der Waals surface area contributed by atoms with Crippen molar-refractivity contribution in [3.8, 4) is 0 Å². The van der Waals surface area contributed by atoms with Crippen LogP contribution in [0.15, 0.2) is 42.0 Å². The summed E-state index contributed by atoms with van der Waals surface area (Å²) in [4.78, 5) is 11.2. The first kappa shape index (κ1) is 15.4. The van der Waals surface area contributed by atoms with E-state index >= 15 is 0 Å². The van der Waals surface area contributed by atoms with Crippen molar-refractivity contribution in [1.82, 2.24) is 0 Å². The highest BCUT2D eigenvalue weighted by Gasteiger charge is 2.24. The Hall–Kier alpha value is -2.15. The van der Waals surface area contributed by atoms with Crippen molar-refractivity contribution < 1.29 is 4.79 Å². The van der Waals surface area contributed by atoms with E-state index < -0.39 is 0 Å². The van der Waals surface area contributed by atoms with Crippen molar-refractivity contribution in [2.75, 3.05) is 0 Å². The van der Waals surface area contributed by atoms with Crippen LogP contribution in [0, 0.1) is 13.8 Å². The number of allylic oxidation sites excluding steroid dienone is 2. The van der Waals surface area contributed by atoms with E-state index in [2.05, 4.69) is 37.3 Å². The van der Waals surface area contributed by atoms with Crippen LogP contribution in [0.1, 0.15) is 63.9 Å². The average Bonchev–Trinajstić information content (AvgIpc) is 3.24. The highest BCUT2D eigenvalue weighted by molar-refractivity contribution is 6.00. The zero-order chi connectivity index (χ0) is 16.7. The number of aryl methyl sites for hydroxylation is 4. The molecule has 0 unspecified atom stereocenters. The highest BCUT2D eigenvalue weighted by atomic mass is 16.1. The van der Waals surface area contributed by atoms with Crippen molar-refractivity contribution in [3.63, 3.8) is 0 Å². The number of hydrogen-bond acceptors (Lipinski definition) is 1. The number of carbonyl (C=O) groups excluding carboxylic acids is 1. The van der Waals surface area contributed by atoms with Gasteiger partial charge in [-0.25, -0.2) is 0 Å². The van der Waals surface area contributed by atoms with Crippen molar-refractivity contribution in [3.05, 3.63) is 75.4 Å². The number of fused-ring (bicyclic) bond motifs is 2. The van der Waals surface area contributed by atoms with Gasteiger partial charge in [-0.1, -0.05) is 47.0 Å². The molecule has 0 N–H and O–H groups in total. The van der Waals surface area contributed by atoms with Gasteiger partial charge in [0, 0.05) is 12.0 Å². The zero-order valence-electron chi connectivity index (χ0n) is 14.6. The van der Waals surface area contributed by atoms with E-state index in [1.165, 1.54) is 42.4 Å². The predicted molar refractivity (Wildman–Crippen MR) is 99.5 cm³/mol. The van der Waals surface area contributed by atoms with E-state index in [0.717, 1.165) is 12.0 Å². The minimum Gasteiger partial charge on any atom is -0.294 e. The maximum Gasteiger partial charge on any atom is 0.163 e. The molecule has 0 amide bonds. The van der Waals surface area contributed by atoms with Crippen molar-refractivity contribution in [2.24, 2.45) is 0 Å². The number of benzene rings is 2. The predicted octanol–water partition coefficient (Wildman–Crippen LogP) is 5.61. The van der Waals surface area contributed by atoms with Gasteiger partial charge in [0.1, 0.15) is 0 Å². The van der Waals surface area contributed by atoms with Gasteiger partial charge in [0.15, 0.2) is 5.78 Å². The third-order valence-corrected chi connectivity index (χ3v) is 5.35. The Morgan fingerprint density at radius 1 is 0.667 bits per heavy atom. The Balaban J connectivity index is 0.000000123. The van der Waals surface area contributed by atoms with E-state index in [0.29, 0.717) is 12.2 Å². The first-order valence-corrected chi connectivity index (χ1v) is 9.05. The monoisotopic (exact) mass is 316 g/mol. The maximum absolute atomic E-state index is 11.2. The van der Waals surface area contributed by atoms with E-state index in [9.17, 15) is 4.79 Å². The summed E-state index contributed by atoms with van der Waals surface area (Å²) in [5.74, 6) is 0.309. The lowest BCUT2D eigenvalue weighted by Gasteiger charge is -2.01. The second kappa shape index (κ2) is 6.05. The first-order chi connectivity index (χ1) is 11.6. The second-order valence-electron chi connectivity index (χ2n) is 7.33. The molecule has 3 aliphatic carbocycles. The average molecular weight is 316 g/mol. The molecule has 0 aliphatic heterocycles. The molecule has 0 radical (unpaired) electrons. The van der Waals surface area contributed by atoms with Crippen LogP contribution in [0.5, 0.6) is 0 Å². The number of carbonyl (C=O) groups is 1. The van der Waals surface area contributed by atoms with Gasteiger partial charge < -0.3 is 0 Å². The normalized spacial score (nSPS) is 17.3. The lowest BCUT2D eigenvalue weighted by Crippen LogP contribution is -1.90. The summed E-state index contributed by atoms with van der Waals surface area (Å²) in [5, 5.41) is 0. The lowest BCUT2D eigenvalue weighted by molar-refractivity contribution is 0.0994. The molecule has 122 valence electrons. The molecule has 1 heteroatoms. The Morgan fingerprint density at radius 2 is 1.25 bits per heavy atom. The molecular formula is C23H24O. The third kappa shape index (κ3) is 2.96. The summed E-state index contributed by atoms with van der Waals surface area (Å²) in [6, 6.07) is 13.0. The molecule has 3 aliphatic rings. The van der Waals surface area contributed by atoms with Gasteiger partial charge in [-0.3, -0.25) is 4.79 Å². The smallest absolute Gasteiger partial charge is 0.163 e. The van der Waals surface area contributed by atoms with Crippen LogP contribution >= 0.6 is 0 Å². The minimum absolute atomic E-state index is 0.309. The van der Waals surface area contributed by atoms with Crippen LogP contribution in [-0.2, 0) is 12.8 Å². The molecule has 2 aromatic carbocycles. The van der Waals surface area contributed by atoms with Crippen molar-refractivity contribution in [1.29, 1.82) is 0 Å². The molecule has 0 bridgehead atoms. The summed E-state index contributed by atoms with van der Waals surface area (Å²) in [6.07, 6.45) is 6.95. The molecule has 24 heavy (non-hydrogen) atoms. The summed E-state index contributed by atoms with van der Waals surface area (Å²) in [6.45, 7) is 4.21. The van der Waals surface area contributed by atoms with Gasteiger partial charge in [0.25, 0.3) is 0 Å². The highest BCUT2D eigenvalue weighted by Crippen LogP contribution is 2.43. The minimum atomic E-state index is 0.309. The fraction of sp³-hybridized carbons (Fsp3) is 0.348. The molecular weight excluding hydrogens is 292 g/mol. The van der Waals surface area contributed by atoms with Crippen LogP contribution < -0.4 is 0 Å². The van der Waals surface area contributed by atoms with Crippen molar-refractivity contribution in [2.45, 2.75) is 52.4 Å². The second-order valence-corrected chi connectivity index (χ2v) is 7.33. The molecule has 0 saturated heterocycles. The largest absolute Gasteiger partial charge is 0.294 e. The summed E-state index contributed by atoms with van der Waals surface area (Å²) >= 11 is 0.